The van der Waals surface area contributed by atoms with Gasteiger partial charge >= 0.3 is 5.97 Å². The average Bonchev–Trinajstić information content (AvgIpc) is 2.79. The predicted molar refractivity (Wildman–Crippen MR) is 69.9 cm³/mol. The lowest BCUT2D eigenvalue weighted by Gasteiger charge is -2.10. The van der Waals surface area contributed by atoms with Gasteiger partial charge in [-0.15, -0.1) is 11.3 Å². The molecule has 1 aromatic heterocycles. The second-order valence-corrected chi connectivity index (χ2v) is 5.14. The molecule has 1 aromatic carbocycles. The number of benzene rings is 1. The van der Waals surface area contributed by atoms with Gasteiger partial charge in [0.15, 0.2) is 5.75 Å². The molecule has 0 unspecified atom stereocenters. The van der Waals surface area contributed by atoms with Crippen molar-refractivity contribution in [1.82, 2.24) is 4.98 Å². The van der Waals surface area contributed by atoms with E-state index in [0.29, 0.717) is 0 Å². The first-order valence-corrected chi connectivity index (χ1v) is 6.44. The molecule has 0 amide bonds. The van der Waals surface area contributed by atoms with E-state index in [9.17, 15) is 4.79 Å². The van der Waals surface area contributed by atoms with Crippen molar-refractivity contribution in [2.45, 2.75) is 6.61 Å². The standard InChI is InChI=1S/C11H7Cl2NO3S/c12-6-1-8(11(15)16)10(9(13)2-6)17-4-7-3-14-5-18-7/h1-3,5H,4H2,(H,15,16). The number of carboxylic acids is 1. The van der Waals surface area contributed by atoms with Crippen molar-refractivity contribution in [2.75, 3.05) is 0 Å². The predicted octanol–water partition coefficient (Wildman–Crippen LogP) is 3.73. The Bertz CT molecular complexity index is 572. The van der Waals surface area contributed by atoms with E-state index in [2.05, 4.69) is 4.98 Å². The summed E-state index contributed by atoms with van der Waals surface area (Å²) >= 11 is 13.1. The third-order valence-electron chi connectivity index (χ3n) is 2.08. The molecule has 0 bridgehead atoms. The lowest BCUT2D eigenvalue weighted by Crippen LogP contribution is -2.03. The molecule has 0 atom stereocenters. The summed E-state index contributed by atoms with van der Waals surface area (Å²) in [6.45, 7) is 0.215. The van der Waals surface area contributed by atoms with Gasteiger partial charge < -0.3 is 9.84 Å². The molecule has 4 nitrogen and oxygen atoms in total. The van der Waals surface area contributed by atoms with Gasteiger partial charge in [0, 0.05) is 11.2 Å². The van der Waals surface area contributed by atoms with Crippen LogP contribution in [0.15, 0.2) is 23.8 Å². The number of ether oxygens (including phenoxy) is 1. The molecule has 0 saturated carbocycles. The molecular weight excluding hydrogens is 297 g/mol. The van der Waals surface area contributed by atoms with Crippen molar-refractivity contribution >= 4 is 40.5 Å². The number of nitrogens with zero attached hydrogens (tertiary/aromatic N) is 1. The molecule has 1 heterocycles. The van der Waals surface area contributed by atoms with Gasteiger partial charge in [0.05, 0.1) is 15.4 Å². The molecule has 0 spiro atoms. The first kappa shape index (κ1) is 13.1. The Morgan fingerprint density at radius 2 is 2.22 bits per heavy atom. The van der Waals surface area contributed by atoms with Crippen LogP contribution in [0, 0.1) is 0 Å². The molecule has 7 heteroatoms. The second kappa shape index (κ2) is 5.56. The van der Waals surface area contributed by atoms with Gasteiger partial charge in [-0.1, -0.05) is 23.2 Å². The molecule has 0 fully saturated rings. The Hall–Kier alpha value is -1.30. The van der Waals surface area contributed by atoms with E-state index in [1.807, 2.05) is 0 Å². The van der Waals surface area contributed by atoms with Crippen molar-refractivity contribution in [2.24, 2.45) is 0 Å². The van der Waals surface area contributed by atoms with E-state index >= 15 is 0 Å². The van der Waals surface area contributed by atoms with Crippen LogP contribution in [0.3, 0.4) is 0 Å². The lowest BCUT2D eigenvalue weighted by atomic mass is 10.2. The Kier molecular flexibility index (Phi) is 4.06. The third-order valence-corrected chi connectivity index (χ3v) is 3.33. The van der Waals surface area contributed by atoms with Gasteiger partial charge in [-0.3, -0.25) is 4.98 Å². The first-order chi connectivity index (χ1) is 8.58. The number of carboxylic acid groups (broad SMARTS) is 1. The van der Waals surface area contributed by atoms with E-state index in [1.54, 1.807) is 11.7 Å². The first-order valence-electron chi connectivity index (χ1n) is 4.80. The summed E-state index contributed by atoms with van der Waals surface area (Å²) in [6.07, 6.45) is 1.65. The minimum absolute atomic E-state index is 0.0583. The highest BCUT2D eigenvalue weighted by molar-refractivity contribution is 7.09. The number of carbonyl (C=O) groups is 1. The number of hydrogen-bond donors (Lipinski definition) is 1. The van der Waals surface area contributed by atoms with E-state index in [-0.39, 0.29) is 28.0 Å². The highest BCUT2D eigenvalue weighted by Crippen LogP contribution is 2.33. The Morgan fingerprint density at radius 1 is 1.44 bits per heavy atom. The molecule has 2 rings (SSSR count). The SMILES string of the molecule is O=C(O)c1cc(Cl)cc(Cl)c1OCc1cncs1. The molecule has 1 N–H and O–H groups in total. The van der Waals surface area contributed by atoms with Crippen LogP contribution in [0.5, 0.6) is 5.75 Å². The van der Waals surface area contributed by atoms with Crippen molar-refractivity contribution in [1.29, 1.82) is 0 Å². The van der Waals surface area contributed by atoms with Gasteiger partial charge in [-0.05, 0) is 12.1 Å². The number of hydrogen-bond acceptors (Lipinski definition) is 4. The molecule has 94 valence electrons. The maximum Gasteiger partial charge on any atom is 0.339 e. The molecule has 2 aromatic rings. The zero-order valence-electron chi connectivity index (χ0n) is 8.89. The fourth-order valence-corrected chi connectivity index (χ4v) is 2.38. The van der Waals surface area contributed by atoms with Gasteiger partial charge in [0.1, 0.15) is 12.2 Å². The summed E-state index contributed by atoms with van der Waals surface area (Å²) in [6, 6.07) is 2.75. The number of aromatic nitrogens is 1. The van der Waals surface area contributed by atoms with Gasteiger partial charge in [0.2, 0.25) is 0 Å². The zero-order chi connectivity index (χ0) is 13.1. The number of halogens is 2. The van der Waals surface area contributed by atoms with Crippen molar-refractivity contribution in [3.8, 4) is 5.75 Å². The van der Waals surface area contributed by atoms with Crippen LogP contribution in [-0.4, -0.2) is 16.1 Å². The maximum absolute atomic E-state index is 11.1. The molecule has 0 aliphatic heterocycles. The Morgan fingerprint density at radius 3 is 2.83 bits per heavy atom. The Balaban J connectivity index is 2.28. The minimum atomic E-state index is -1.14. The highest BCUT2D eigenvalue weighted by Gasteiger charge is 2.16. The van der Waals surface area contributed by atoms with Crippen LogP contribution in [-0.2, 0) is 6.61 Å². The van der Waals surface area contributed by atoms with E-state index < -0.39 is 5.97 Å². The Labute approximate surface area is 117 Å². The quantitative estimate of drug-likeness (QED) is 0.935. The second-order valence-electron chi connectivity index (χ2n) is 3.33. The largest absolute Gasteiger partial charge is 0.486 e. The molecule has 0 aliphatic carbocycles. The van der Waals surface area contributed by atoms with Crippen molar-refractivity contribution in [3.05, 3.63) is 44.3 Å². The molecule has 0 aliphatic rings. The third kappa shape index (κ3) is 2.93. The smallest absolute Gasteiger partial charge is 0.339 e. The molecule has 0 radical (unpaired) electrons. The topological polar surface area (TPSA) is 59.4 Å². The fourth-order valence-electron chi connectivity index (χ4n) is 1.32. The summed E-state index contributed by atoms with van der Waals surface area (Å²) in [5.74, 6) is -1.03. The van der Waals surface area contributed by atoms with Crippen LogP contribution in [0.4, 0.5) is 0 Å². The highest BCUT2D eigenvalue weighted by atomic mass is 35.5. The van der Waals surface area contributed by atoms with E-state index in [1.165, 1.54) is 23.5 Å². The van der Waals surface area contributed by atoms with Crippen LogP contribution in [0.1, 0.15) is 15.2 Å². The zero-order valence-corrected chi connectivity index (χ0v) is 11.2. The minimum Gasteiger partial charge on any atom is -0.486 e. The fraction of sp³-hybridized carbons (Fsp3) is 0.0909. The molecule has 18 heavy (non-hydrogen) atoms. The monoisotopic (exact) mass is 303 g/mol. The van der Waals surface area contributed by atoms with E-state index in [4.69, 9.17) is 33.0 Å². The summed E-state index contributed by atoms with van der Waals surface area (Å²) in [7, 11) is 0. The lowest BCUT2D eigenvalue weighted by molar-refractivity contribution is 0.0692. The summed E-state index contributed by atoms with van der Waals surface area (Å²) in [4.78, 5) is 15.8. The molecular formula is C11H7Cl2NO3S. The normalized spacial score (nSPS) is 10.3. The summed E-state index contributed by atoms with van der Waals surface area (Å²) < 4.78 is 5.43. The van der Waals surface area contributed by atoms with Crippen LogP contribution in [0.25, 0.3) is 0 Å². The van der Waals surface area contributed by atoms with Crippen LogP contribution < -0.4 is 4.74 Å². The molecule has 0 saturated heterocycles. The van der Waals surface area contributed by atoms with Gasteiger partial charge in [-0.25, -0.2) is 4.79 Å². The number of aromatic carboxylic acids is 1. The maximum atomic E-state index is 11.1. The van der Waals surface area contributed by atoms with Crippen molar-refractivity contribution in [3.63, 3.8) is 0 Å². The van der Waals surface area contributed by atoms with E-state index in [0.717, 1.165) is 4.88 Å². The number of rotatable bonds is 4. The van der Waals surface area contributed by atoms with Crippen LogP contribution in [0.2, 0.25) is 10.0 Å². The van der Waals surface area contributed by atoms with Gasteiger partial charge in [0.25, 0.3) is 0 Å². The summed E-state index contributed by atoms with van der Waals surface area (Å²) in [5.41, 5.74) is 1.61. The van der Waals surface area contributed by atoms with Gasteiger partial charge in [-0.2, -0.15) is 0 Å². The van der Waals surface area contributed by atoms with Crippen LogP contribution >= 0.6 is 34.5 Å². The summed E-state index contributed by atoms with van der Waals surface area (Å²) in [5, 5.41) is 9.49. The number of thiazole rings is 1. The van der Waals surface area contributed by atoms with Crippen molar-refractivity contribution < 1.29 is 14.6 Å². The average molecular weight is 304 g/mol.